The summed E-state index contributed by atoms with van der Waals surface area (Å²) in [6.07, 6.45) is 6.12. The molecule has 1 saturated heterocycles. The first kappa shape index (κ1) is 17.0. The summed E-state index contributed by atoms with van der Waals surface area (Å²) in [7, 11) is 0. The van der Waals surface area contributed by atoms with Crippen LogP contribution in [0, 0.1) is 5.41 Å². The standard InChI is InChI=1S/C22H22N4O2/c27-20(15-5-9-23-10-6-15)25-19-14-22(19)7-11-26(12-8-22)21(28)18-13-16-3-1-2-4-17(16)24-18/h1-6,9-10,13,19,24H,7-8,11-12,14H2,(H,25,27). The number of para-hydroxylation sites is 1. The van der Waals surface area contributed by atoms with Gasteiger partial charge in [-0.2, -0.15) is 0 Å². The van der Waals surface area contributed by atoms with Crippen molar-refractivity contribution in [3.63, 3.8) is 0 Å². The Labute approximate surface area is 163 Å². The Morgan fingerprint density at radius 3 is 2.61 bits per heavy atom. The smallest absolute Gasteiger partial charge is 0.270 e. The maximum Gasteiger partial charge on any atom is 0.270 e. The second-order valence-corrected chi connectivity index (χ2v) is 7.89. The summed E-state index contributed by atoms with van der Waals surface area (Å²) in [6, 6.07) is 13.5. The van der Waals surface area contributed by atoms with Gasteiger partial charge in [0.15, 0.2) is 0 Å². The molecule has 2 aliphatic rings. The van der Waals surface area contributed by atoms with Crippen LogP contribution in [0.5, 0.6) is 0 Å². The Morgan fingerprint density at radius 1 is 1.11 bits per heavy atom. The highest BCUT2D eigenvalue weighted by Gasteiger charge is 2.56. The van der Waals surface area contributed by atoms with E-state index in [1.54, 1.807) is 24.5 Å². The average molecular weight is 374 g/mol. The molecule has 2 aromatic heterocycles. The van der Waals surface area contributed by atoms with E-state index in [-0.39, 0.29) is 23.3 Å². The second kappa shape index (κ2) is 6.48. The van der Waals surface area contributed by atoms with Crippen molar-refractivity contribution in [2.75, 3.05) is 13.1 Å². The molecule has 1 aromatic carbocycles. The highest BCUT2D eigenvalue weighted by atomic mass is 16.2. The van der Waals surface area contributed by atoms with Crippen LogP contribution in [-0.2, 0) is 0 Å². The van der Waals surface area contributed by atoms with Crippen molar-refractivity contribution in [2.24, 2.45) is 5.41 Å². The largest absolute Gasteiger partial charge is 0.351 e. The Bertz CT molecular complexity index is 1000. The molecule has 1 aliphatic heterocycles. The zero-order valence-electron chi connectivity index (χ0n) is 15.5. The molecule has 1 unspecified atom stereocenters. The maximum atomic E-state index is 12.9. The van der Waals surface area contributed by atoms with Crippen molar-refractivity contribution < 1.29 is 9.59 Å². The van der Waals surface area contributed by atoms with Crippen LogP contribution in [-0.4, -0.2) is 45.8 Å². The van der Waals surface area contributed by atoms with Gasteiger partial charge >= 0.3 is 0 Å². The number of hydrogen-bond acceptors (Lipinski definition) is 3. The van der Waals surface area contributed by atoms with Crippen molar-refractivity contribution in [1.82, 2.24) is 20.2 Å². The third kappa shape index (κ3) is 2.95. The lowest BCUT2D eigenvalue weighted by Gasteiger charge is -2.32. The SMILES string of the molecule is O=C(NC1CC12CCN(C(=O)c1cc3ccccc3[nH]1)CC2)c1ccncc1. The van der Waals surface area contributed by atoms with Crippen LogP contribution in [0.25, 0.3) is 10.9 Å². The monoisotopic (exact) mass is 374 g/mol. The molecule has 1 spiro atoms. The number of piperidine rings is 1. The molecular formula is C22H22N4O2. The number of benzene rings is 1. The van der Waals surface area contributed by atoms with Gasteiger partial charge in [-0.25, -0.2) is 0 Å². The fourth-order valence-corrected chi connectivity index (χ4v) is 4.36. The molecule has 6 nitrogen and oxygen atoms in total. The number of rotatable bonds is 3. The summed E-state index contributed by atoms with van der Waals surface area (Å²) < 4.78 is 0. The molecule has 0 radical (unpaired) electrons. The van der Waals surface area contributed by atoms with Crippen LogP contribution in [0.15, 0.2) is 54.9 Å². The second-order valence-electron chi connectivity index (χ2n) is 7.89. The molecule has 3 heterocycles. The van der Waals surface area contributed by atoms with Crippen LogP contribution in [0.3, 0.4) is 0 Å². The molecule has 1 atom stereocenters. The van der Waals surface area contributed by atoms with Crippen LogP contribution in [0.1, 0.15) is 40.1 Å². The number of fused-ring (bicyclic) bond motifs is 1. The van der Waals surface area contributed by atoms with E-state index in [2.05, 4.69) is 15.3 Å². The van der Waals surface area contributed by atoms with Gasteiger partial charge in [-0.1, -0.05) is 18.2 Å². The van der Waals surface area contributed by atoms with Gasteiger partial charge in [0.1, 0.15) is 5.69 Å². The van der Waals surface area contributed by atoms with Gasteiger partial charge in [0.2, 0.25) is 0 Å². The van der Waals surface area contributed by atoms with Crippen LogP contribution < -0.4 is 5.32 Å². The Balaban J connectivity index is 1.20. The van der Waals surface area contributed by atoms with E-state index in [9.17, 15) is 9.59 Å². The number of aromatic nitrogens is 2. The molecule has 142 valence electrons. The Morgan fingerprint density at radius 2 is 1.86 bits per heavy atom. The van der Waals surface area contributed by atoms with E-state index < -0.39 is 0 Å². The summed E-state index contributed by atoms with van der Waals surface area (Å²) in [5.41, 5.74) is 2.43. The van der Waals surface area contributed by atoms with E-state index in [0.29, 0.717) is 11.3 Å². The predicted octanol–water partition coefficient (Wildman–Crippen LogP) is 2.99. The lowest BCUT2D eigenvalue weighted by atomic mass is 9.92. The highest BCUT2D eigenvalue weighted by Crippen LogP contribution is 2.54. The molecule has 28 heavy (non-hydrogen) atoms. The normalized spacial score (nSPS) is 20.3. The molecule has 2 amide bonds. The highest BCUT2D eigenvalue weighted by molar-refractivity contribution is 5.98. The third-order valence-electron chi connectivity index (χ3n) is 6.24. The minimum Gasteiger partial charge on any atom is -0.351 e. The summed E-state index contributed by atoms with van der Waals surface area (Å²) in [4.78, 5) is 34.3. The number of pyridine rings is 1. The van der Waals surface area contributed by atoms with Gasteiger partial charge < -0.3 is 15.2 Å². The van der Waals surface area contributed by atoms with Gasteiger partial charge in [-0.05, 0) is 48.9 Å². The average Bonchev–Trinajstić information content (AvgIpc) is 3.20. The van der Waals surface area contributed by atoms with E-state index >= 15 is 0 Å². The molecule has 6 heteroatoms. The van der Waals surface area contributed by atoms with Crippen LogP contribution in [0.4, 0.5) is 0 Å². The Kier molecular flexibility index (Phi) is 3.93. The van der Waals surface area contributed by atoms with E-state index in [4.69, 9.17) is 0 Å². The molecule has 1 aliphatic carbocycles. The maximum absolute atomic E-state index is 12.9. The number of H-pyrrole nitrogens is 1. The number of amides is 2. The van der Waals surface area contributed by atoms with Crippen molar-refractivity contribution >= 4 is 22.7 Å². The molecule has 5 rings (SSSR count). The fraction of sp³-hybridized carbons (Fsp3) is 0.318. The zero-order valence-corrected chi connectivity index (χ0v) is 15.5. The lowest BCUT2D eigenvalue weighted by molar-refractivity contribution is 0.0663. The fourth-order valence-electron chi connectivity index (χ4n) is 4.36. The summed E-state index contributed by atoms with van der Waals surface area (Å²) in [5, 5.41) is 4.20. The lowest BCUT2D eigenvalue weighted by Crippen LogP contribution is -2.41. The molecule has 2 fully saturated rings. The molecular weight excluding hydrogens is 352 g/mol. The van der Waals surface area contributed by atoms with E-state index in [0.717, 1.165) is 43.3 Å². The first-order valence-electron chi connectivity index (χ1n) is 9.73. The Hall–Kier alpha value is -3.15. The number of nitrogens with one attached hydrogen (secondary N) is 2. The first-order valence-corrected chi connectivity index (χ1v) is 9.73. The topological polar surface area (TPSA) is 78.1 Å². The van der Waals surface area contributed by atoms with Gasteiger partial charge in [0.05, 0.1) is 0 Å². The number of likely N-dealkylation sites (tertiary alicyclic amines) is 1. The summed E-state index contributed by atoms with van der Waals surface area (Å²) in [5.74, 6) is 0.0185. The number of hydrogen-bond donors (Lipinski definition) is 2. The first-order chi connectivity index (χ1) is 13.6. The number of carbonyl (C=O) groups excluding carboxylic acids is 2. The number of nitrogens with zero attached hydrogens (tertiary/aromatic N) is 2. The van der Waals surface area contributed by atoms with Crippen molar-refractivity contribution in [2.45, 2.75) is 25.3 Å². The van der Waals surface area contributed by atoms with Crippen LogP contribution in [0.2, 0.25) is 0 Å². The minimum absolute atomic E-state index is 0.0409. The molecule has 1 saturated carbocycles. The zero-order chi connectivity index (χ0) is 19.1. The quantitative estimate of drug-likeness (QED) is 0.740. The number of carbonyl (C=O) groups is 2. The molecule has 2 N–H and O–H groups in total. The van der Waals surface area contributed by atoms with Gasteiger partial charge in [0.25, 0.3) is 11.8 Å². The van der Waals surface area contributed by atoms with Gasteiger partial charge in [-0.15, -0.1) is 0 Å². The minimum atomic E-state index is -0.0409. The summed E-state index contributed by atoms with van der Waals surface area (Å²) >= 11 is 0. The molecule has 3 aromatic rings. The van der Waals surface area contributed by atoms with Crippen molar-refractivity contribution in [1.29, 1.82) is 0 Å². The summed E-state index contributed by atoms with van der Waals surface area (Å²) in [6.45, 7) is 1.46. The number of aromatic amines is 1. The van der Waals surface area contributed by atoms with Crippen LogP contribution >= 0.6 is 0 Å². The molecule has 0 bridgehead atoms. The van der Waals surface area contributed by atoms with Gasteiger partial charge in [-0.3, -0.25) is 14.6 Å². The van der Waals surface area contributed by atoms with Crippen molar-refractivity contribution in [3.8, 4) is 0 Å². The van der Waals surface area contributed by atoms with E-state index in [1.807, 2.05) is 35.2 Å². The van der Waals surface area contributed by atoms with Crippen molar-refractivity contribution in [3.05, 3.63) is 66.1 Å². The van der Waals surface area contributed by atoms with E-state index in [1.165, 1.54) is 0 Å². The van der Waals surface area contributed by atoms with Gasteiger partial charge in [0, 0.05) is 48.0 Å². The predicted molar refractivity (Wildman–Crippen MR) is 106 cm³/mol. The third-order valence-corrected chi connectivity index (χ3v) is 6.24.